The van der Waals surface area contributed by atoms with Gasteiger partial charge in [-0.05, 0) is 32.8 Å². The summed E-state index contributed by atoms with van der Waals surface area (Å²) in [7, 11) is 0. The smallest absolute Gasteiger partial charge is 0.310 e. The third-order valence-corrected chi connectivity index (χ3v) is 3.83. The lowest BCUT2D eigenvalue weighted by molar-refractivity contribution is -0.149. The number of esters is 1. The highest BCUT2D eigenvalue weighted by molar-refractivity contribution is 14.0. The first-order chi connectivity index (χ1) is 11.2. The predicted molar refractivity (Wildman–Crippen MR) is 105 cm³/mol. The fraction of sp³-hybridized carbons (Fsp3) is 0.688. The number of guanidine groups is 1. The van der Waals surface area contributed by atoms with E-state index in [1.165, 1.54) is 0 Å². The number of aliphatic imine (C=N–C) groups is 1. The van der Waals surface area contributed by atoms with Crippen LogP contribution in [0, 0.1) is 5.92 Å². The number of likely N-dealkylation sites (tertiary alicyclic amines) is 1. The zero-order valence-corrected chi connectivity index (χ0v) is 16.8. The first-order valence-corrected chi connectivity index (χ1v) is 8.42. The Labute approximate surface area is 160 Å². The van der Waals surface area contributed by atoms with Crippen LogP contribution in [0.5, 0.6) is 0 Å². The van der Waals surface area contributed by atoms with Crippen LogP contribution in [0.3, 0.4) is 0 Å². The van der Waals surface area contributed by atoms with E-state index in [2.05, 4.69) is 27.2 Å². The minimum atomic E-state index is -0.0930. The molecule has 0 bridgehead atoms. The molecule has 1 N–H and O–H groups in total. The Kier molecular flexibility index (Phi) is 9.73. The average molecular weight is 449 g/mol. The van der Waals surface area contributed by atoms with Gasteiger partial charge in [0.25, 0.3) is 0 Å². The van der Waals surface area contributed by atoms with Crippen LogP contribution in [0.25, 0.3) is 0 Å². The Bertz CT molecular complexity index is 507. The number of hydrogen-bond donors (Lipinski definition) is 1. The molecule has 1 atom stereocenters. The van der Waals surface area contributed by atoms with Crippen molar-refractivity contribution in [3.05, 3.63) is 18.5 Å². The number of rotatable bonds is 6. The number of ether oxygens (including phenoxy) is 1. The molecule has 136 valence electrons. The standard InChI is InChI=1S/C16H27N5O2.HI/c1-3-17-16(18-9-12-21-11-6-8-19-21)20-10-5-7-14(13-20)15(22)23-4-2;/h6,8,11,14H,3-5,7,9-10,12-13H2,1-2H3,(H,17,18);1H. The fourth-order valence-corrected chi connectivity index (χ4v) is 2.74. The second kappa shape index (κ2) is 11.3. The summed E-state index contributed by atoms with van der Waals surface area (Å²) in [4.78, 5) is 18.8. The maximum atomic E-state index is 12.0. The van der Waals surface area contributed by atoms with Gasteiger partial charge in [0.15, 0.2) is 5.96 Å². The molecule has 2 rings (SSSR count). The highest BCUT2D eigenvalue weighted by atomic mass is 127. The van der Waals surface area contributed by atoms with Gasteiger partial charge in [0, 0.05) is 32.0 Å². The van der Waals surface area contributed by atoms with Crippen molar-refractivity contribution in [1.29, 1.82) is 0 Å². The minimum Gasteiger partial charge on any atom is -0.466 e. The number of nitrogens with one attached hydrogen (secondary N) is 1. The molecule has 1 saturated heterocycles. The molecular weight excluding hydrogens is 421 g/mol. The molecule has 0 aliphatic carbocycles. The molecule has 0 amide bonds. The highest BCUT2D eigenvalue weighted by Crippen LogP contribution is 2.18. The number of nitrogens with zero attached hydrogens (tertiary/aromatic N) is 4. The Morgan fingerprint density at radius 2 is 2.29 bits per heavy atom. The SMILES string of the molecule is CCNC(=NCCn1cccn1)N1CCCC(C(=O)OCC)C1.I. The molecule has 1 aliphatic heterocycles. The van der Waals surface area contributed by atoms with Gasteiger partial charge < -0.3 is 15.0 Å². The van der Waals surface area contributed by atoms with Gasteiger partial charge in [-0.2, -0.15) is 5.10 Å². The van der Waals surface area contributed by atoms with Crippen LogP contribution in [0.1, 0.15) is 26.7 Å². The molecule has 7 nitrogen and oxygen atoms in total. The van der Waals surface area contributed by atoms with Crippen molar-refractivity contribution in [3.8, 4) is 0 Å². The van der Waals surface area contributed by atoms with Crippen molar-refractivity contribution >= 4 is 35.9 Å². The van der Waals surface area contributed by atoms with Gasteiger partial charge in [-0.15, -0.1) is 24.0 Å². The van der Waals surface area contributed by atoms with Crippen LogP contribution in [0.2, 0.25) is 0 Å². The summed E-state index contributed by atoms with van der Waals surface area (Å²) in [5, 5.41) is 7.50. The van der Waals surface area contributed by atoms with Crippen molar-refractivity contribution in [2.75, 3.05) is 32.8 Å². The van der Waals surface area contributed by atoms with Crippen LogP contribution in [0.4, 0.5) is 0 Å². The largest absolute Gasteiger partial charge is 0.466 e. The van der Waals surface area contributed by atoms with Gasteiger partial charge in [0.05, 0.1) is 25.6 Å². The van der Waals surface area contributed by atoms with E-state index in [-0.39, 0.29) is 35.9 Å². The maximum absolute atomic E-state index is 12.0. The van der Waals surface area contributed by atoms with Gasteiger partial charge in [0.1, 0.15) is 0 Å². The van der Waals surface area contributed by atoms with Crippen molar-refractivity contribution in [2.45, 2.75) is 33.2 Å². The maximum Gasteiger partial charge on any atom is 0.310 e. The van der Waals surface area contributed by atoms with E-state index in [0.29, 0.717) is 19.7 Å². The highest BCUT2D eigenvalue weighted by Gasteiger charge is 2.28. The van der Waals surface area contributed by atoms with E-state index in [1.54, 1.807) is 6.20 Å². The van der Waals surface area contributed by atoms with E-state index in [1.807, 2.05) is 23.9 Å². The zero-order valence-electron chi connectivity index (χ0n) is 14.5. The van der Waals surface area contributed by atoms with Crippen molar-refractivity contribution in [1.82, 2.24) is 20.0 Å². The van der Waals surface area contributed by atoms with Crippen LogP contribution in [-0.2, 0) is 16.1 Å². The zero-order chi connectivity index (χ0) is 16.5. The van der Waals surface area contributed by atoms with E-state index < -0.39 is 0 Å². The van der Waals surface area contributed by atoms with Crippen LogP contribution in [0.15, 0.2) is 23.5 Å². The molecule has 1 aliphatic rings. The van der Waals surface area contributed by atoms with Crippen molar-refractivity contribution < 1.29 is 9.53 Å². The molecule has 0 spiro atoms. The molecule has 0 radical (unpaired) electrons. The number of carbonyl (C=O) groups is 1. The number of hydrogen-bond acceptors (Lipinski definition) is 4. The van der Waals surface area contributed by atoms with Crippen LogP contribution >= 0.6 is 24.0 Å². The topological polar surface area (TPSA) is 71.8 Å². The first kappa shape index (κ1) is 20.7. The lowest BCUT2D eigenvalue weighted by Crippen LogP contribution is -2.48. The molecule has 24 heavy (non-hydrogen) atoms. The fourth-order valence-electron chi connectivity index (χ4n) is 2.74. The van der Waals surface area contributed by atoms with E-state index >= 15 is 0 Å². The number of halogens is 1. The molecular formula is C16H28IN5O2. The molecule has 2 heterocycles. The van der Waals surface area contributed by atoms with Crippen molar-refractivity contribution in [3.63, 3.8) is 0 Å². The molecule has 1 fully saturated rings. The summed E-state index contributed by atoms with van der Waals surface area (Å²) < 4.78 is 7.03. The summed E-state index contributed by atoms with van der Waals surface area (Å²) in [6.07, 6.45) is 5.57. The van der Waals surface area contributed by atoms with Gasteiger partial charge in [-0.1, -0.05) is 0 Å². The molecule has 1 aromatic rings. The Hall–Kier alpha value is -1.32. The number of carbonyl (C=O) groups excluding carboxylic acids is 1. The summed E-state index contributed by atoms with van der Waals surface area (Å²) in [6.45, 7) is 8.14. The summed E-state index contributed by atoms with van der Waals surface area (Å²) >= 11 is 0. The average Bonchev–Trinajstić information content (AvgIpc) is 3.08. The summed E-state index contributed by atoms with van der Waals surface area (Å²) in [5.74, 6) is 0.719. The lowest BCUT2D eigenvalue weighted by Gasteiger charge is -2.34. The monoisotopic (exact) mass is 449 g/mol. The van der Waals surface area contributed by atoms with E-state index in [4.69, 9.17) is 4.74 Å². The minimum absolute atomic E-state index is 0. The normalized spacial score (nSPS) is 18.0. The van der Waals surface area contributed by atoms with Crippen LogP contribution in [-0.4, -0.2) is 59.4 Å². The molecule has 8 heteroatoms. The molecule has 0 aromatic carbocycles. The predicted octanol–water partition coefficient (Wildman–Crippen LogP) is 1.74. The third kappa shape index (κ3) is 6.29. The Morgan fingerprint density at radius 1 is 1.46 bits per heavy atom. The molecule has 1 unspecified atom stereocenters. The molecule has 0 saturated carbocycles. The first-order valence-electron chi connectivity index (χ1n) is 8.42. The lowest BCUT2D eigenvalue weighted by atomic mass is 9.98. The van der Waals surface area contributed by atoms with Crippen LogP contribution < -0.4 is 5.32 Å². The van der Waals surface area contributed by atoms with Gasteiger partial charge in [-0.3, -0.25) is 14.5 Å². The van der Waals surface area contributed by atoms with E-state index in [9.17, 15) is 4.79 Å². The number of piperidine rings is 1. The van der Waals surface area contributed by atoms with Gasteiger partial charge in [-0.25, -0.2) is 0 Å². The second-order valence-corrected chi connectivity index (χ2v) is 5.54. The number of aromatic nitrogens is 2. The molecule has 1 aromatic heterocycles. The quantitative estimate of drug-likeness (QED) is 0.310. The second-order valence-electron chi connectivity index (χ2n) is 5.54. The van der Waals surface area contributed by atoms with E-state index in [0.717, 1.165) is 38.4 Å². The van der Waals surface area contributed by atoms with Crippen molar-refractivity contribution in [2.24, 2.45) is 10.9 Å². The third-order valence-electron chi connectivity index (χ3n) is 3.83. The van der Waals surface area contributed by atoms with Gasteiger partial charge in [0.2, 0.25) is 0 Å². The Balaban J connectivity index is 0.00000288. The summed E-state index contributed by atoms with van der Waals surface area (Å²) in [6, 6.07) is 1.91. The van der Waals surface area contributed by atoms with Gasteiger partial charge >= 0.3 is 5.97 Å². The Morgan fingerprint density at radius 3 is 2.96 bits per heavy atom. The summed E-state index contributed by atoms with van der Waals surface area (Å²) in [5.41, 5.74) is 0.